The summed E-state index contributed by atoms with van der Waals surface area (Å²) in [5, 5.41) is 6.29. The highest BCUT2D eigenvalue weighted by Gasteiger charge is 2.11. The lowest BCUT2D eigenvalue weighted by Crippen LogP contribution is -2.37. The molecule has 0 unspecified atom stereocenters. The predicted molar refractivity (Wildman–Crippen MR) is 98.2 cm³/mol. The fourth-order valence-corrected chi connectivity index (χ4v) is 1.77. The van der Waals surface area contributed by atoms with Gasteiger partial charge in [0.25, 0.3) is 0 Å². The predicted octanol–water partition coefficient (Wildman–Crippen LogP) is 3.38. The van der Waals surface area contributed by atoms with Crippen LogP contribution in [0.4, 0.5) is 8.78 Å². The molecule has 0 fully saturated rings. The molecule has 0 aromatic heterocycles. The van der Waals surface area contributed by atoms with Gasteiger partial charge in [0, 0.05) is 20.1 Å². The Morgan fingerprint density at radius 1 is 1.22 bits per heavy atom. The van der Waals surface area contributed by atoms with E-state index in [1.165, 1.54) is 6.07 Å². The highest BCUT2D eigenvalue weighted by atomic mass is 127. The number of nitrogens with one attached hydrogen (secondary N) is 2. The molecule has 2 N–H and O–H groups in total. The smallest absolute Gasteiger partial charge is 0.387 e. The normalized spacial score (nSPS) is 11.0. The highest BCUT2D eigenvalue weighted by molar-refractivity contribution is 14.0. The number of benzene rings is 1. The average molecular weight is 443 g/mol. The number of ether oxygens (including phenoxy) is 2. The summed E-state index contributed by atoms with van der Waals surface area (Å²) >= 11 is 0. The first-order chi connectivity index (χ1) is 10.6. The largest absolute Gasteiger partial charge is 0.490 e. The zero-order chi connectivity index (χ0) is 16.4. The van der Waals surface area contributed by atoms with Gasteiger partial charge in [0.15, 0.2) is 17.5 Å². The number of halogens is 3. The average Bonchev–Trinajstić information content (AvgIpc) is 2.49. The van der Waals surface area contributed by atoms with E-state index in [2.05, 4.69) is 27.3 Å². The summed E-state index contributed by atoms with van der Waals surface area (Å²) in [4.78, 5) is 4.10. The summed E-state index contributed by atoms with van der Waals surface area (Å²) in [6, 6.07) is 4.87. The van der Waals surface area contributed by atoms with Gasteiger partial charge in [-0.1, -0.05) is 13.0 Å². The lowest BCUT2D eigenvalue weighted by atomic mass is 10.2. The van der Waals surface area contributed by atoms with Crippen LogP contribution in [0.2, 0.25) is 0 Å². The minimum Gasteiger partial charge on any atom is -0.490 e. The zero-order valence-electron chi connectivity index (χ0n) is 13.6. The van der Waals surface area contributed by atoms with Crippen LogP contribution < -0.4 is 20.1 Å². The van der Waals surface area contributed by atoms with Crippen molar-refractivity contribution in [2.45, 2.75) is 33.4 Å². The Hall–Kier alpha value is -1.32. The number of rotatable bonds is 8. The molecule has 0 bridgehead atoms. The van der Waals surface area contributed by atoms with Crippen molar-refractivity contribution < 1.29 is 18.3 Å². The summed E-state index contributed by atoms with van der Waals surface area (Å²) in [6.45, 7) is 2.67. The molecule has 8 heteroatoms. The van der Waals surface area contributed by atoms with Crippen LogP contribution in [0.3, 0.4) is 0 Å². The molecule has 1 aromatic carbocycles. The minimum absolute atomic E-state index is 0. The number of alkyl halides is 2. The van der Waals surface area contributed by atoms with Crippen LogP contribution in [0, 0.1) is 0 Å². The number of hydrogen-bond acceptors (Lipinski definition) is 3. The second kappa shape index (κ2) is 12.1. The molecule has 0 heterocycles. The third-order valence-electron chi connectivity index (χ3n) is 2.75. The van der Waals surface area contributed by atoms with Gasteiger partial charge in [0.2, 0.25) is 0 Å². The van der Waals surface area contributed by atoms with Crippen molar-refractivity contribution in [3.8, 4) is 11.5 Å². The van der Waals surface area contributed by atoms with Crippen molar-refractivity contribution in [2.24, 2.45) is 4.99 Å². The molecule has 0 atom stereocenters. The van der Waals surface area contributed by atoms with Crippen LogP contribution in [0.15, 0.2) is 23.2 Å². The first kappa shape index (κ1) is 21.7. The maximum absolute atomic E-state index is 12.3. The van der Waals surface area contributed by atoms with Gasteiger partial charge < -0.3 is 20.1 Å². The second-order valence-corrected chi connectivity index (χ2v) is 4.45. The Labute approximate surface area is 152 Å². The first-order valence-electron chi connectivity index (χ1n) is 7.25. The van der Waals surface area contributed by atoms with Crippen molar-refractivity contribution in [3.05, 3.63) is 23.8 Å². The van der Waals surface area contributed by atoms with E-state index in [4.69, 9.17) is 4.74 Å². The molecule has 0 spiro atoms. The van der Waals surface area contributed by atoms with Crippen molar-refractivity contribution in [1.29, 1.82) is 0 Å². The molecule has 1 aromatic rings. The van der Waals surface area contributed by atoms with Gasteiger partial charge in [-0.2, -0.15) is 8.78 Å². The Balaban J connectivity index is 0.00000484. The Bertz CT molecular complexity index is 488. The Morgan fingerprint density at radius 2 is 1.96 bits per heavy atom. The SMILES string of the molecule is CCCNC(=NC)NCc1ccc(OC(F)F)c(OCC)c1.I. The van der Waals surface area contributed by atoms with E-state index >= 15 is 0 Å². The van der Waals surface area contributed by atoms with Crippen LogP contribution >= 0.6 is 24.0 Å². The summed E-state index contributed by atoms with van der Waals surface area (Å²) < 4.78 is 34.5. The van der Waals surface area contributed by atoms with Gasteiger partial charge in [0.05, 0.1) is 6.61 Å². The van der Waals surface area contributed by atoms with E-state index in [1.807, 2.05) is 0 Å². The quantitative estimate of drug-likeness (QED) is 0.368. The maximum Gasteiger partial charge on any atom is 0.387 e. The van der Waals surface area contributed by atoms with Gasteiger partial charge >= 0.3 is 6.61 Å². The van der Waals surface area contributed by atoms with E-state index in [0.717, 1.165) is 18.5 Å². The van der Waals surface area contributed by atoms with Crippen LogP contribution in [-0.4, -0.2) is 32.8 Å². The van der Waals surface area contributed by atoms with Crippen molar-refractivity contribution >= 4 is 29.9 Å². The third kappa shape index (κ3) is 8.19. The molecule has 0 saturated heterocycles. The van der Waals surface area contributed by atoms with Crippen LogP contribution in [0.1, 0.15) is 25.8 Å². The fourth-order valence-electron chi connectivity index (χ4n) is 1.77. The molecular formula is C15H24F2IN3O2. The molecule has 1 rings (SSSR count). The van der Waals surface area contributed by atoms with Crippen molar-refractivity contribution in [3.63, 3.8) is 0 Å². The van der Waals surface area contributed by atoms with E-state index < -0.39 is 6.61 Å². The van der Waals surface area contributed by atoms with E-state index in [9.17, 15) is 8.78 Å². The van der Waals surface area contributed by atoms with Crippen LogP contribution in [0.5, 0.6) is 11.5 Å². The summed E-state index contributed by atoms with van der Waals surface area (Å²) in [5.74, 6) is 1.03. The standard InChI is InChI=1S/C15H23F2N3O2.HI/c1-4-8-19-15(18-3)20-10-11-6-7-12(22-14(16)17)13(9-11)21-5-2;/h6-7,9,14H,4-5,8,10H2,1-3H3,(H2,18,19,20);1H. The molecule has 5 nitrogen and oxygen atoms in total. The number of aliphatic imine (C=N–C) groups is 1. The maximum atomic E-state index is 12.3. The van der Waals surface area contributed by atoms with Gasteiger partial charge in [-0.15, -0.1) is 24.0 Å². The van der Waals surface area contributed by atoms with Gasteiger partial charge in [-0.3, -0.25) is 4.99 Å². The molecule has 0 aliphatic rings. The topological polar surface area (TPSA) is 54.9 Å². The van der Waals surface area contributed by atoms with E-state index in [0.29, 0.717) is 24.9 Å². The van der Waals surface area contributed by atoms with Crippen LogP contribution in [-0.2, 0) is 6.54 Å². The molecule has 23 heavy (non-hydrogen) atoms. The number of guanidine groups is 1. The molecular weight excluding hydrogens is 419 g/mol. The highest BCUT2D eigenvalue weighted by Crippen LogP contribution is 2.29. The summed E-state index contributed by atoms with van der Waals surface area (Å²) in [7, 11) is 1.69. The third-order valence-corrected chi connectivity index (χ3v) is 2.75. The van der Waals surface area contributed by atoms with Gasteiger partial charge in [0.1, 0.15) is 0 Å². The van der Waals surface area contributed by atoms with E-state index in [1.54, 1.807) is 26.1 Å². The molecule has 0 radical (unpaired) electrons. The molecule has 132 valence electrons. The number of hydrogen-bond donors (Lipinski definition) is 2. The number of nitrogens with zero attached hydrogens (tertiary/aromatic N) is 1. The van der Waals surface area contributed by atoms with Crippen molar-refractivity contribution in [1.82, 2.24) is 10.6 Å². The monoisotopic (exact) mass is 443 g/mol. The minimum atomic E-state index is -2.87. The molecule has 0 aliphatic heterocycles. The van der Waals surface area contributed by atoms with E-state index in [-0.39, 0.29) is 29.7 Å². The second-order valence-electron chi connectivity index (χ2n) is 4.45. The van der Waals surface area contributed by atoms with Crippen LogP contribution in [0.25, 0.3) is 0 Å². The van der Waals surface area contributed by atoms with Crippen molar-refractivity contribution in [2.75, 3.05) is 20.2 Å². The summed E-state index contributed by atoms with van der Waals surface area (Å²) in [5.41, 5.74) is 0.879. The summed E-state index contributed by atoms with van der Waals surface area (Å²) in [6.07, 6.45) is 0.995. The Kier molecular flexibility index (Phi) is 11.4. The fraction of sp³-hybridized carbons (Fsp3) is 0.533. The van der Waals surface area contributed by atoms with Gasteiger partial charge in [-0.05, 0) is 31.0 Å². The first-order valence-corrected chi connectivity index (χ1v) is 7.25. The lowest BCUT2D eigenvalue weighted by molar-refractivity contribution is -0.0514. The Morgan fingerprint density at radius 3 is 2.52 bits per heavy atom. The molecule has 0 saturated carbocycles. The zero-order valence-corrected chi connectivity index (χ0v) is 15.9. The molecule has 0 amide bonds. The lowest BCUT2D eigenvalue weighted by Gasteiger charge is -2.14. The molecule has 0 aliphatic carbocycles. The van der Waals surface area contributed by atoms with Gasteiger partial charge in [-0.25, -0.2) is 0 Å².